The van der Waals surface area contributed by atoms with Crippen LogP contribution in [-0.2, 0) is 0 Å². The van der Waals surface area contributed by atoms with Gasteiger partial charge in [-0.15, -0.1) is 11.3 Å². The first-order valence-electron chi connectivity index (χ1n) is 14.0. The second kappa shape index (κ2) is 13.2. The number of rotatable bonds is 10. The van der Waals surface area contributed by atoms with E-state index in [1.54, 1.807) is 24.9 Å². The fourth-order valence-electron chi connectivity index (χ4n) is 6.01. The molecule has 2 aliphatic rings. The third-order valence-electron chi connectivity index (χ3n) is 8.06. The predicted molar refractivity (Wildman–Crippen MR) is 155 cm³/mol. The molecule has 0 saturated heterocycles. The van der Waals surface area contributed by atoms with Crippen LogP contribution in [0.5, 0.6) is 5.75 Å². The number of ether oxygens (including phenoxy) is 1. The minimum atomic E-state index is -0.266. The number of nitrogens with zero attached hydrogens (tertiary/aromatic N) is 2. The number of carbonyl (C=O) groups excluding carboxylic acids is 1. The molecular formula is C30H39N5O2S. The van der Waals surface area contributed by atoms with Crippen LogP contribution in [0, 0.1) is 11.8 Å². The molecule has 3 aromatic rings. The van der Waals surface area contributed by atoms with Crippen molar-refractivity contribution in [2.24, 2.45) is 11.8 Å². The molecule has 2 aliphatic carbocycles. The second-order valence-electron chi connectivity index (χ2n) is 10.5. The maximum atomic E-state index is 12.8. The molecule has 0 bridgehead atoms. The van der Waals surface area contributed by atoms with Crippen LogP contribution in [0.2, 0.25) is 0 Å². The summed E-state index contributed by atoms with van der Waals surface area (Å²) >= 11 is 1.42. The quantitative estimate of drug-likeness (QED) is 0.201. The highest BCUT2D eigenvalue weighted by molar-refractivity contribution is 7.13. The Morgan fingerprint density at radius 3 is 2.68 bits per heavy atom. The zero-order valence-corrected chi connectivity index (χ0v) is 23.1. The molecule has 2 atom stereocenters. The zero-order valence-electron chi connectivity index (χ0n) is 22.2. The monoisotopic (exact) mass is 533 g/mol. The summed E-state index contributed by atoms with van der Waals surface area (Å²) in [6, 6.07) is 10.2. The molecule has 7 nitrogen and oxygen atoms in total. The van der Waals surface area contributed by atoms with E-state index in [1.807, 2.05) is 30.3 Å². The van der Waals surface area contributed by atoms with Crippen LogP contribution in [0.3, 0.4) is 0 Å². The summed E-state index contributed by atoms with van der Waals surface area (Å²) < 4.78 is 5.57. The smallest absolute Gasteiger partial charge is 0.275 e. The van der Waals surface area contributed by atoms with Gasteiger partial charge in [0.1, 0.15) is 16.5 Å². The van der Waals surface area contributed by atoms with Crippen LogP contribution < -0.4 is 20.7 Å². The zero-order chi connectivity index (χ0) is 26.2. The molecule has 1 aromatic carbocycles. The first-order valence-corrected chi connectivity index (χ1v) is 14.9. The van der Waals surface area contributed by atoms with Crippen molar-refractivity contribution in [2.45, 2.75) is 63.8 Å². The Kier molecular flexibility index (Phi) is 9.25. The molecule has 0 spiro atoms. The van der Waals surface area contributed by atoms with E-state index in [-0.39, 0.29) is 5.91 Å². The van der Waals surface area contributed by atoms with E-state index in [9.17, 15) is 4.79 Å². The normalized spacial score (nSPS) is 20.1. The van der Waals surface area contributed by atoms with Crippen LogP contribution in [-0.4, -0.2) is 42.1 Å². The maximum absolute atomic E-state index is 12.8. The van der Waals surface area contributed by atoms with E-state index in [4.69, 9.17) is 4.74 Å². The Morgan fingerprint density at radius 1 is 1.03 bits per heavy atom. The first kappa shape index (κ1) is 26.6. The summed E-state index contributed by atoms with van der Waals surface area (Å²) in [5.41, 5.74) is 2.85. The molecule has 2 unspecified atom stereocenters. The highest BCUT2D eigenvalue weighted by Crippen LogP contribution is 2.38. The van der Waals surface area contributed by atoms with Crippen molar-refractivity contribution in [3.8, 4) is 16.3 Å². The number of carbonyl (C=O) groups is 1. The van der Waals surface area contributed by atoms with Gasteiger partial charge in [0.15, 0.2) is 0 Å². The first-order chi connectivity index (χ1) is 18.7. The molecule has 2 aromatic heterocycles. The van der Waals surface area contributed by atoms with Gasteiger partial charge >= 0.3 is 0 Å². The molecule has 202 valence electrons. The standard InChI is InChI=1S/C30H39N5O2S/c1-37-28-18-25(33-17-16-32-24-10-4-8-22(11-12-24)21-6-2-3-7-21)13-14-26(28)34-29(36)27-20-38-30(35-27)23-9-5-15-31-19-23/h5,9,13-15,18-22,24,32-33H,2-4,6-8,10-12,16-17H2,1H3,(H,34,36). The van der Waals surface area contributed by atoms with Crippen LogP contribution in [0.4, 0.5) is 11.4 Å². The number of amides is 1. The summed E-state index contributed by atoms with van der Waals surface area (Å²) in [6.07, 6.45) is 16.1. The number of nitrogens with one attached hydrogen (secondary N) is 3. The van der Waals surface area contributed by atoms with Crippen molar-refractivity contribution in [1.82, 2.24) is 15.3 Å². The summed E-state index contributed by atoms with van der Waals surface area (Å²) in [4.78, 5) is 21.4. The molecule has 2 heterocycles. The topological polar surface area (TPSA) is 88.2 Å². The third kappa shape index (κ3) is 6.91. The van der Waals surface area contributed by atoms with Crippen molar-refractivity contribution < 1.29 is 9.53 Å². The predicted octanol–water partition coefficient (Wildman–Crippen LogP) is 6.61. The highest BCUT2D eigenvalue weighted by atomic mass is 32.1. The van der Waals surface area contributed by atoms with E-state index in [0.29, 0.717) is 23.2 Å². The fraction of sp³-hybridized carbons (Fsp3) is 0.500. The van der Waals surface area contributed by atoms with Gasteiger partial charge in [-0.2, -0.15) is 0 Å². The molecule has 2 fully saturated rings. The molecule has 1 amide bonds. The number of pyridine rings is 1. The summed E-state index contributed by atoms with van der Waals surface area (Å²) in [6.45, 7) is 1.77. The molecule has 5 rings (SSSR count). The Bertz CT molecular complexity index is 1180. The van der Waals surface area contributed by atoms with Crippen molar-refractivity contribution in [2.75, 3.05) is 30.8 Å². The van der Waals surface area contributed by atoms with Gasteiger partial charge in [-0.3, -0.25) is 9.78 Å². The Labute approximate surface area is 229 Å². The minimum absolute atomic E-state index is 0.266. The van der Waals surface area contributed by atoms with E-state index in [1.165, 1.54) is 69.1 Å². The van der Waals surface area contributed by atoms with Crippen LogP contribution >= 0.6 is 11.3 Å². The van der Waals surface area contributed by atoms with Gasteiger partial charge in [0.05, 0.1) is 12.8 Å². The fourth-order valence-corrected chi connectivity index (χ4v) is 6.80. The molecule has 0 aliphatic heterocycles. The van der Waals surface area contributed by atoms with Gasteiger partial charge < -0.3 is 20.7 Å². The highest BCUT2D eigenvalue weighted by Gasteiger charge is 2.27. The third-order valence-corrected chi connectivity index (χ3v) is 8.95. The van der Waals surface area contributed by atoms with Gasteiger partial charge in [-0.05, 0) is 55.4 Å². The minimum Gasteiger partial charge on any atom is -0.494 e. The molecule has 0 radical (unpaired) electrons. The SMILES string of the molecule is COc1cc(NCCNC2CCCC(C3CCCC3)CC2)ccc1NC(=O)c1csc(-c2cccnc2)n1. The van der Waals surface area contributed by atoms with Crippen LogP contribution in [0.15, 0.2) is 48.1 Å². The Hall–Kier alpha value is -2.97. The van der Waals surface area contributed by atoms with E-state index in [0.717, 1.165) is 41.2 Å². The maximum Gasteiger partial charge on any atom is 0.275 e. The van der Waals surface area contributed by atoms with Crippen LogP contribution in [0.25, 0.3) is 10.6 Å². The molecule has 3 N–H and O–H groups in total. The van der Waals surface area contributed by atoms with Gasteiger partial charge in [-0.1, -0.05) is 38.5 Å². The number of aromatic nitrogens is 2. The lowest BCUT2D eigenvalue weighted by Crippen LogP contribution is -2.32. The lowest BCUT2D eigenvalue weighted by Gasteiger charge is -2.22. The lowest BCUT2D eigenvalue weighted by molar-refractivity contribution is 0.102. The van der Waals surface area contributed by atoms with Crippen molar-refractivity contribution in [1.29, 1.82) is 0 Å². The van der Waals surface area contributed by atoms with Gasteiger partial charge in [0.2, 0.25) is 0 Å². The lowest BCUT2D eigenvalue weighted by atomic mass is 9.85. The summed E-state index contributed by atoms with van der Waals surface area (Å²) in [5.74, 6) is 2.32. The van der Waals surface area contributed by atoms with Gasteiger partial charge in [-0.25, -0.2) is 4.98 Å². The van der Waals surface area contributed by atoms with Crippen LogP contribution in [0.1, 0.15) is 68.3 Å². The van der Waals surface area contributed by atoms with E-state index in [2.05, 4.69) is 25.9 Å². The Morgan fingerprint density at radius 2 is 1.87 bits per heavy atom. The van der Waals surface area contributed by atoms with Crippen molar-refractivity contribution in [3.63, 3.8) is 0 Å². The van der Waals surface area contributed by atoms with E-state index < -0.39 is 0 Å². The number of thiazole rings is 1. The number of benzene rings is 1. The summed E-state index contributed by atoms with van der Waals surface area (Å²) in [5, 5.41) is 12.7. The molecule has 8 heteroatoms. The average molecular weight is 534 g/mol. The summed E-state index contributed by atoms with van der Waals surface area (Å²) in [7, 11) is 1.62. The molecule has 2 saturated carbocycles. The van der Waals surface area contributed by atoms with Crippen molar-refractivity contribution >= 4 is 28.6 Å². The van der Waals surface area contributed by atoms with Gasteiger partial charge in [0, 0.05) is 54.2 Å². The average Bonchev–Trinajstić information content (AvgIpc) is 3.62. The Balaban J connectivity index is 1.08. The number of methoxy groups -OCH3 is 1. The molecule has 38 heavy (non-hydrogen) atoms. The number of anilines is 2. The second-order valence-corrected chi connectivity index (χ2v) is 11.4. The number of hydrogen-bond donors (Lipinski definition) is 3. The number of hydrogen-bond acceptors (Lipinski definition) is 7. The van der Waals surface area contributed by atoms with E-state index >= 15 is 0 Å². The van der Waals surface area contributed by atoms with Gasteiger partial charge in [0.25, 0.3) is 5.91 Å². The largest absolute Gasteiger partial charge is 0.494 e. The van der Waals surface area contributed by atoms with Crippen molar-refractivity contribution in [3.05, 3.63) is 53.8 Å². The molecular weight excluding hydrogens is 494 g/mol.